The van der Waals surface area contributed by atoms with Crippen molar-refractivity contribution in [2.45, 2.75) is 32.9 Å². The predicted molar refractivity (Wildman–Crippen MR) is 66.2 cm³/mol. The van der Waals surface area contributed by atoms with Gasteiger partial charge in [0.05, 0.1) is 12.0 Å². The second-order valence-electron chi connectivity index (χ2n) is 4.87. The smallest absolute Gasteiger partial charge is 0.310 e. The highest BCUT2D eigenvalue weighted by atomic mass is 16.6. The third-order valence-electron chi connectivity index (χ3n) is 2.26. The Kier molecular flexibility index (Phi) is 4.07. The first kappa shape index (κ1) is 13.4. The zero-order chi connectivity index (χ0) is 13.1. The van der Waals surface area contributed by atoms with Crippen molar-refractivity contribution < 1.29 is 9.66 Å². The van der Waals surface area contributed by atoms with Gasteiger partial charge in [0.2, 0.25) is 0 Å². The molecule has 0 amide bonds. The normalized spacial score (nSPS) is 11.3. The predicted octanol–water partition coefficient (Wildman–Crippen LogP) is 2.49. The summed E-state index contributed by atoms with van der Waals surface area (Å²) in [7, 11) is 1.43. The van der Waals surface area contributed by atoms with Crippen LogP contribution in [-0.2, 0) is 6.54 Å². The van der Waals surface area contributed by atoms with Gasteiger partial charge in [0.1, 0.15) is 0 Å². The number of nitrogens with one attached hydrogen (secondary N) is 1. The van der Waals surface area contributed by atoms with E-state index in [-0.39, 0.29) is 11.2 Å². The van der Waals surface area contributed by atoms with Crippen LogP contribution in [0.15, 0.2) is 18.2 Å². The van der Waals surface area contributed by atoms with Crippen LogP contribution >= 0.6 is 0 Å². The Morgan fingerprint density at radius 1 is 1.41 bits per heavy atom. The highest BCUT2D eigenvalue weighted by molar-refractivity contribution is 5.48. The molecule has 0 saturated carbocycles. The summed E-state index contributed by atoms with van der Waals surface area (Å²) >= 11 is 0. The van der Waals surface area contributed by atoms with E-state index in [4.69, 9.17) is 4.74 Å². The number of hydrogen-bond donors (Lipinski definition) is 1. The first-order valence-corrected chi connectivity index (χ1v) is 5.40. The summed E-state index contributed by atoms with van der Waals surface area (Å²) < 4.78 is 5.01. The summed E-state index contributed by atoms with van der Waals surface area (Å²) in [4.78, 5) is 10.3. The molecule has 17 heavy (non-hydrogen) atoms. The maximum absolute atomic E-state index is 10.7. The number of nitrogens with zero attached hydrogens (tertiary/aromatic N) is 1. The van der Waals surface area contributed by atoms with Gasteiger partial charge in [0, 0.05) is 18.2 Å². The highest BCUT2D eigenvalue weighted by Crippen LogP contribution is 2.27. The van der Waals surface area contributed by atoms with Crippen LogP contribution in [0.2, 0.25) is 0 Å². The number of hydrogen-bond acceptors (Lipinski definition) is 4. The van der Waals surface area contributed by atoms with Crippen molar-refractivity contribution in [3.05, 3.63) is 33.9 Å². The van der Waals surface area contributed by atoms with Crippen molar-refractivity contribution in [3.63, 3.8) is 0 Å². The minimum absolute atomic E-state index is 0.00740. The fourth-order valence-corrected chi connectivity index (χ4v) is 1.35. The van der Waals surface area contributed by atoms with Gasteiger partial charge in [0.15, 0.2) is 5.75 Å². The lowest BCUT2D eigenvalue weighted by atomic mass is 10.1. The van der Waals surface area contributed by atoms with Gasteiger partial charge >= 0.3 is 5.69 Å². The summed E-state index contributed by atoms with van der Waals surface area (Å²) in [6, 6.07) is 4.90. The quantitative estimate of drug-likeness (QED) is 0.646. The van der Waals surface area contributed by atoms with Gasteiger partial charge in [-0.05, 0) is 32.4 Å². The molecular weight excluding hydrogens is 220 g/mol. The van der Waals surface area contributed by atoms with Gasteiger partial charge in [-0.3, -0.25) is 10.1 Å². The zero-order valence-electron chi connectivity index (χ0n) is 10.6. The first-order valence-electron chi connectivity index (χ1n) is 5.40. The fraction of sp³-hybridized carbons (Fsp3) is 0.500. The van der Waals surface area contributed by atoms with E-state index >= 15 is 0 Å². The van der Waals surface area contributed by atoms with E-state index in [1.165, 1.54) is 13.2 Å². The van der Waals surface area contributed by atoms with Crippen LogP contribution in [0.1, 0.15) is 26.3 Å². The molecule has 5 heteroatoms. The molecule has 0 saturated heterocycles. The largest absolute Gasteiger partial charge is 0.490 e. The first-order chi connectivity index (χ1) is 7.83. The summed E-state index contributed by atoms with van der Waals surface area (Å²) in [6.45, 7) is 6.85. The summed E-state index contributed by atoms with van der Waals surface area (Å²) in [5.74, 6) is 0.295. The zero-order valence-corrected chi connectivity index (χ0v) is 10.6. The Hall–Kier alpha value is -1.62. The van der Waals surface area contributed by atoms with Crippen LogP contribution < -0.4 is 10.1 Å². The number of rotatable bonds is 4. The molecular formula is C12H18N2O3. The van der Waals surface area contributed by atoms with E-state index in [1.54, 1.807) is 12.1 Å². The molecule has 94 valence electrons. The molecule has 0 aromatic heterocycles. The molecule has 5 nitrogen and oxygen atoms in total. The Morgan fingerprint density at radius 2 is 2.06 bits per heavy atom. The lowest BCUT2D eigenvalue weighted by Crippen LogP contribution is -2.35. The molecule has 0 spiro atoms. The van der Waals surface area contributed by atoms with E-state index in [1.807, 2.05) is 0 Å². The average Bonchev–Trinajstić information content (AvgIpc) is 2.24. The maximum Gasteiger partial charge on any atom is 0.310 e. The Balaban J connectivity index is 2.87. The summed E-state index contributed by atoms with van der Waals surface area (Å²) in [6.07, 6.45) is 0. The molecule has 0 heterocycles. The molecule has 0 bridgehead atoms. The van der Waals surface area contributed by atoms with E-state index in [0.29, 0.717) is 12.3 Å². The maximum atomic E-state index is 10.7. The molecule has 1 aromatic rings. The van der Waals surface area contributed by atoms with Crippen molar-refractivity contribution in [3.8, 4) is 5.75 Å². The van der Waals surface area contributed by atoms with E-state index in [2.05, 4.69) is 26.1 Å². The van der Waals surface area contributed by atoms with Crippen LogP contribution in [0.4, 0.5) is 5.69 Å². The molecule has 0 aliphatic heterocycles. The molecule has 1 N–H and O–H groups in total. The van der Waals surface area contributed by atoms with E-state index in [9.17, 15) is 10.1 Å². The molecule has 0 aliphatic rings. The van der Waals surface area contributed by atoms with Crippen LogP contribution in [0.25, 0.3) is 0 Å². The molecule has 0 radical (unpaired) electrons. The second kappa shape index (κ2) is 5.14. The van der Waals surface area contributed by atoms with Gasteiger partial charge in [0.25, 0.3) is 0 Å². The summed E-state index contributed by atoms with van der Waals surface area (Å²) in [5.41, 5.74) is 0.962. The third kappa shape index (κ3) is 4.03. The molecule has 1 aromatic carbocycles. The highest BCUT2D eigenvalue weighted by Gasteiger charge is 2.15. The molecule has 0 fully saturated rings. The summed E-state index contributed by atoms with van der Waals surface area (Å²) in [5, 5.41) is 14.0. The van der Waals surface area contributed by atoms with Gasteiger partial charge in [-0.2, -0.15) is 0 Å². The lowest BCUT2D eigenvalue weighted by Gasteiger charge is -2.20. The van der Waals surface area contributed by atoms with E-state index in [0.717, 1.165) is 5.56 Å². The van der Waals surface area contributed by atoms with Crippen molar-refractivity contribution in [1.82, 2.24) is 5.32 Å². The number of nitro benzene ring substituents is 1. The third-order valence-corrected chi connectivity index (χ3v) is 2.26. The van der Waals surface area contributed by atoms with Crippen LogP contribution in [-0.4, -0.2) is 17.6 Å². The topological polar surface area (TPSA) is 64.4 Å². The SMILES string of the molecule is COc1cc(CNC(C)(C)C)ccc1[N+](=O)[O-]. The van der Waals surface area contributed by atoms with Gasteiger partial charge < -0.3 is 10.1 Å². The standard InChI is InChI=1S/C12H18N2O3/c1-12(2,3)13-8-9-5-6-10(14(15)16)11(7-9)17-4/h5-7,13H,8H2,1-4H3. The Morgan fingerprint density at radius 3 is 2.53 bits per heavy atom. The number of methoxy groups -OCH3 is 1. The molecule has 0 atom stereocenters. The van der Waals surface area contributed by atoms with Crippen LogP contribution in [0.3, 0.4) is 0 Å². The Bertz CT molecular complexity index is 411. The molecule has 1 rings (SSSR count). The lowest BCUT2D eigenvalue weighted by molar-refractivity contribution is -0.385. The number of ether oxygens (including phenoxy) is 1. The van der Waals surface area contributed by atoms with Gasteiger partial charge in [-0.15, -0.1) is 0 Å². The van der Waals surface area contributed by atoms with Crippen molar-refractivity contribution >= 4 is 5.69 Å². The number of nitro groups is 1. The monoisotopic (exact) mass is 238 g/mol. The molecule has 0 unspecified atom stereocenters. The molecule has 0 aliphatic carbocycles. The van der Waals surface area contributed by atoms with Crippen LogP contribution in [0.5, 0.6) is 5.75 Å². The fourth-order valence-electron chi connectivity index (χ4n) is 1.35. The minimum atomic E-state index is -0.445. The van der Waals surface area contributed by atoms with Crippen LogP contribution in [0, 0.1) is 10.1 Å². The van der Waals surface area contributed by atoms with E-state index < -0.39 is 4.92 Å². The Labute approximate surface area is 101 Å². The second-order valence-corrected chi connectivity index (χ2v) is 4.87. The number of benzene rings is 1. The van der Waals surface area contributed by atoms with Crippen molar-refractivity contribution in [1.29, 1.82) is 0 Å². The average molecular weight is 238 g/mol. The minimum Gasteiger partial charge on any atom is -0.490 e. The van der Waals surface area contributed by atoms with Crippen molar-refractivity contribution in [2.24, 2.45) is 0 Å². The van der Waals surface area contributed by atoms with Gasteiger partial charge in [-0.25, -0.2) is 0 Å². The van der Waals surface area contributed by atoms with Crippen molar-refractivity contribution in [2.75, 3.05) is 7.11 Å². The van der Waals surface area contributed by atoms with Gasteiger partial charge in [-0.1, -0.05) is 6.07 Å².